The second-order valence-electron chi connectivity index (χ2n) is 8.36. The second kappa shape index (κ2) is 9.38. The lowest BCUT2D eigenvalue weighted by atomic mass is 10.1. The van der Waals surface area contributed by atoms with Gasteiger partial charge in [0.25, 0.3) is 10.0 Å². The van der Waals surface area contributed by atoms with E-state index in [-0.39, 0.29) is 4.90 Å². The van der Waals surface area contributed by atoms with Crippen LogP contribution >= 0.6 is 0 Å². The number of nitrogens with one attached hydrogen (secondary N) is 2. The van der Waals surface area contributed by atoms with Crippen molar-refractivity contribution in [2.45, 2.75) is 31.1 Å². The van der Waals surface area contributed by atoms with E-state index in [0.717, 1.165) is 43.3 Å². The van der Waals surface area contributed by atoms with Crippen molar-refractivity contribution in [3.8, 4) is 11.5 Å². The van der Waals surface area contributed by atoms with E-state index in [0.29, 0.717) is 36.2 Å². The number of fused-ring (bicyclic) bond motifs is 1. The molecule has 0 aliphatic carbocycles. The predicted octanol–water partition coefficient (Wildman–Crippen LogP) is 4.09. The number of anilines is 4. The van der Waals surface area contributed by atoms with Gasteiger partial charge < -0.3 is 19.7 Å². The second-order valence-corrected chi connectivity index (χ2v) is 10.0. The number of hydrogen-bond acceptors (Lipinski definition) is 8. The molecule has 3 aromatic rings. The summed E-state index contributed by atoms with van der Waals surface area (Å²) in [5.41, 5.74) is 2.14. The molecule has 2 aliphatic heterocycles. The average Bonchev–Trinajstić information content (AvgIpc) is 2.85. The molecule has 2 aliphatic rings. The van der Waals surface area contributed by atoms with E-state index in [1.165, 1.54) is 18.6 Å². The third-order valence-electron chi connectivity index (χ3n) is 5.71. The zero-order valence-electron chi connectivity index (χ0n) is 19.0. The van der Waals surface area contributed by atoms with Crippen LogP contribution < -0.4 is 24.4 Å². The quantitative estimate of drug-likeness (QED) is 0.542. The molecule has 0 amide bonds. The van der Waals surface area contributed by atoms with Gasteiger partial charge in [0.1, 0.15) is 19.0 Å². The Hall–Kier alpha value is -3.53. The first kappa shape index (κ1) is 22.3. The van der Waals surface area contributed by atoms with Crippen LogP contribution in [0.4, 0.5) is 23.1 Å². The smallest absolute Gasteiger partial charge is 0.262 e. The fourth-order valence-corrected chi connectivity index (χ4v) is 5.10. The summed E-state index contributed by atoms with van der Waals surface area (Å²) in [6.07, 6.45) is 3.56. The minimum absolute atomic E-state index is 0.112. The molecular formula is C24H27N5O4S. The molecule has 2 N–H and O–H groups in total. The highest BCUT2D eigenvalue weighted by molar-refractivity contribution is 7.92. The molecule has 34 heavy (non-hydrogen) atoms. The number of nitrogens with zero attached hydrogens (tertiary/aromatic N) is 3. The van der Waals surface area contributed by atoms with Crippen LogP contribution in [0.25, 0.3) is 0 Å². The molecule has 2 aromatic carbocycles. The van der Waals surface area contributed by atoms with Gasteiger partial charge in [-0.3, -0.25) is 4.72 Å². The largest absolute Gasteiger partial charge is 0.486 e. The molecule has 10 heteroatoms. The summed E-state index contributed by atoms with van der Waals surface area (Å²) in [6.45, 7) is 4.74. The first-order valence-electron chi connectivity index (χ1n) is 11.4. The fourth-order valence-electron chi connectivity index (χ4n) is 4.03. The fraction of sp³-hybridized carbons (Fsp3) is 0.333. The lowest BCUT2D eigenvalue weighted by molar-refractivity contribution is 0.171. The monoisotopic (exact) mass is 481 g/mol. The van der Waals surface area contributed by atoms with Crippen LogP contribution in [0, 0.1) is 6.92 Å². The van der Waals surface area contributed by atoms with Gasteiger partial charge in [0.2, 0.25) is 5.95 Å². The summed E-state index contributed by atoms with van der Waals surface area (Å²) >= 11 is 0. The van der Waals surface area contributed by atoms with E-state index < -0.39 is 10.0 Å². The normalized spacial score (nSPS) is 15.6. The highest BCUT2D eigenvalue weighted by atomic mass is 32.2. The lowest BCUT2D eigenvalue weighted by Crippen LogP contribution is -2.31. The molecular weight excluding hydrogens is 454 g/mol. The first-order chi connectivity index (χ1) is 16.5. The van der Waals surface area contributed by atoms with Crippen molar-refractivity contribution in [3.05, 3.63) is 54.2 Å². The highest BCUT2D eigenvalue weighted by Crippen LogP contribution is 2.33. The summed E-state index contributed by atoms with van der Waals surface area (Å²) in [6, 6.07) is 13.5. The standard InChI is InChI=1S/C24H27N5O4S/c1-17-15-23(27-24(25-17)29-11-3-2-4-12-29)26-18-5-7-19(8-6-18)28-34(30,31)20-9-10-21-22(16-20)33-14-13-32-21/h5-10,15-16,28H,2-4,11-14H2,1H3,(H,25,26,27). The molecule has 178 valence electrons. The summed E-state index contributed by atoms with van der Waals surface area (Å²) in [5, 5.41) is 3.29. The Morgan fingerprint density at radius 3 is 2.32 bits per heavy atom. The van der Waals surface area contributed by atoms with Gasteiger partial charge in [0.05, 0.1) is 4.90 Å². The number of hydrogen-bond donors (Lipinski definition) is 2. The van der Waals surface area contributed by atoms with Gasteiger partial charge in [-0.15, -0.1) is 0 Å². The first-order valence-corrected chi connectivity index (χ1v) is 12.8. The van der Waals surface area contributed by atoms with Crippen molar-refractivity contribution >= 4 is 33.2 Å². The maximum Gasteiger partial charge on any atom is 0.262 e. The molecule has 3 heterocycles. The maximum absolute atomic E-state index is 12.8. The number of rotatable bonds is 6. The van der Waals surface area contributed by atoms with Gasteiger partial charge >= 0.3 is 0 Å². The summed E-state index contributed by atoms with van der Waals surface area (Å²) < 4.78 is 39.3. The van der Waals surface area contributed by atoms with Crippen molar-refractivity contribution in [3.63, 3.8) is 0 Å². The molecule has 0 bridgehead atoms. The lowest BCUT2D eigenvalue weighted by Gasteiger charge is -2.27. The van der Waals surface area contributed by atoms with Gasteiger partial charge in [-0.1, -0.05) is 0 Å². The van der Waals surface area contributed by atoms with Crippen molar-refractivity contribution < 1.29 is 17.9 Å². The molecule has 1 fully saturated rings. The van der Waals surface area contributed by atoms with Crippen LogP contribution in [0.2, 0.25) is 0 Å². The van der Waals surface area contributed by atoms with E-state index in [1.807, 2.05) is 13.0 Å². The Labute approximate surface area is 199 Å². The van der Waals surface area contributed by atoms with E-state index in [1.54, 1.807) is 30.3 Å². The van der Waals surface area contributed by atoms with Crippen LogP contribution in [0.5, 0.6) is 11.5 Å². The van der Waals surface area contributed by atoms with Crippen molar-refractivity contribution in [1.82, 2.24) is 9.97 Å². The van der Waals surface area contributed by atoms with Gasteiger partial charge in [0, 0.05) is 42.3 Å². The maximum atomic E-state index is 12.8. The van der Waals surface area contributed by atoms with E-state index >= 15 is 0 Å². The van der Waals surface area contributed by atoms with Crippen LogP contribution in [0.15, 0.2) is 53.4 Å². The highest BCUT2D eigenvalue weighted by Gasteiger charge is 2.20. The van der Waals surface area contributed by atoms with E-state index in [4.69, 9.17) is 9.47 Å². The predicted molar refractivity (Wildman–Crippen MR) is 131 cm³/mol. The van der Waals surface area contributed by atoms with E-state index in [9.17, 15) is 8.42 Å². The van der Waals surface area contributed by atoms with Gasteiger partial charge in [-0.2, -0.15) is 4.98 Å². The number of aryl methyl sites for hydroxylation is 1. The topological polar surface area (TPSA) is 106 Å². The van der Waals surface area contributed by atoms with Crippen LogP contribution in [-0.2, 0) is 10.0 Å². The summed E-state index contributed by atoms with van der Waals surface area (Å²) in [7, 11) is -3.77. The third kappa shape index (κ3) is 5.01. The molecule has 0 spiro atoms. The Balaban J connectivity index is 1.28. The van der Waals surface area contributed by atoms with Gasteiger partial charge in [-0.25, -0.2) is 13.4 Å². The molecule has 9 nitrogen and oxygen atoms in total. The van der Waals surface area contributed by atoms with Crippen molar-refractivity contribution in [1.29, 1.82) is 0 Å². The minimum Gasteiger partial charge on any atom is -0.486 e. The molecule has 0 saturated carbocycles. The number of sulfonamides is 1. The van der Waals surface area contributed by atoms with E-state index in [2.05, 4.69) is 24.9 Å². The molecule has 0 unspecified atom stereocenters. The number of piperidine rings is 1. The Morgan fingerprint density at radius 2 is 1.56 bits per heavy atom. The van der Waals surface area contributed by atoms with Gasteiger partial charge in [-0.05, 0) is 62.6 Å². The average molecular weight is 482 g/mol. The molecule has 0 atom stereocenters. The minimum atomic E-state index is -3.77. The molecule has 1 aromatic heterocycles. The summed E-state index contributed by atoms with van der Waals surface area (Å²) in [4.78, 5) is 11.6. The Kier molecular flexibility index (Phi) is 6.14. The van der Waals surface area contributed by atoms with Crippen LogP contribution in [0.1, 0.15) is 25.0 Å². The van der Waals surface area contributed by atoms with Crippen molar-refractivity contribution in [2.75, 3.05) is 41.2 Å². The number of ether oxygens (including phenoxy) is 2. The summed E-state index contributed by atoms with van der Waals surface area (Å²) in [5.74, 6) is 2.42. The Bertz CT molecular complexity index is 1280. The number of aromatic nitrogens is 2. The van der Waals surface area contributed by atoms with Crippen molar-refractivity contribution in [2.24, 2.45) is 0 Å². The molecule has 5 rings (SSSR count). The molecule has 0 radical (unpaired) electrons. The zero-order chi connectivity index (χ0) is 23.5. The van der Waals surface area contributed by atoms with Gasteiger partial charge in [0.15, 0.2) is 11.5 Å². The van der Waals surface area contributed by atoms with Crippen LogP contribution in [-0.4, -0.2) is 44.7 Å². The SMILES string of the molecule is Cc1cc(Nc2ccc(NS(=O)(=O)c3ccc4c(c3)OCCO4)cc2)nc(N2CCCCC2)n1. The third-order valence-corrected chi connectivity index (χ3v) is 7.09. The zero-order valence-corrected chi connectivity index (χ0v) is 19.8. The van der Waals surface area contributed by atoms with Crippen LogP contribution in [0.3, 0.4) is 0 Å². The molecule has 1 saturated heterocycles. The Morgan fingerprint density at radius 1 is 0.853 bits per heavy atom. The number of benzene rings is 2.